The summed E-state index contributed by atoms with van der Waals surface area (Å²) in [4.78, 5) is 16.6. The van der Waals surface area contributed by atoms with Gasteiger partial charge in [0.2, 0.25) is 0 Å². The Labute approximate surface area is 120 Å². The first kappa shape index (κ1) is 14.4. The molecule has 0 bridgehead atoms. The lowest BCUT2D eigenvalue weighted by Gasteiger charge is -2.28. The van der Waals surface area contributed by atoms with E-state index in [1.165, 1.54) is 12.8 Å². The van der Waals surface area contributed by atoms with Crippen LogP contribution in [0.3, 0.4) is 0 Å². The zero-order chi connectivity index (χ0) is 13.8. The fourth-order valence-corrected chi connectivity index (χ4v) is 2.68. The molecule has 0 aliphatic carbocycles. The van der Waals surface area contributed by atoms with Crippen molar-refractivity contribution in [3.63, 3.8) is 0 Å². The summed E-state index contributed by atoms with van der Waals surface area (Å²) in [6.07, 6.45) is 2.55. The monoisotopic (exact) mass is 280 g/mol. The van der Waals surface area contributed by atoms with Gasteiger partial charge in [-0.15, -0.1) is 0 Å². The minimum Gasteiger partial charge on any atom is -0.338 e. The molecule has 0 N–H and O–H groups in total. The molecule has 1 amide bonds. The number of nitrogens with zero attached hydrogens (tertiary/aromatic N) is 2. The molecule has 1 atom stereocenters. The smallest absolute Gasteiger partial charge is 0.253 e. The van der Waals surface area contributed by atoms with Gasteiger partial charge in [-0.25, -0.2) is 0 Å². The standard InChI is InChI=1S/C15H21ClN2O/c1-12(11-18-8-3-4-9-18)17(2)15(19)13-6-5-7-14(16)10-13/h5-7,10,12H,3-4,8-9,11H2,1-2H3. The number of likely N-dealkylation sites (tertiary alicyclic amines) is 1. The molecule has 0 saturated carbocycles. The van der Waals surface area contributed by atoms with Crippen molar-refractivity contribution in [3.8, 4) is 0 Å². The summed E-state index contributed by atoms with van der Waals surface area (Å²) in [7, 11) is 1.87. The molecule has 1 heterocycles. The summed E-state index contributed by atoms with van der Waals surface area (Å²) in [6.45, 7) is 5.36. The predicted octanol–water partition coefficient (Wildman–Crippen LogP) is 2.90. The lowest BCUT2D eigenvalue weighted by molar-refractivity contribution is 0.0714. The van der Waals surface area contributed by atoms with Crippen LogP contribution in [-0.4, -0.2) is 48.4 Å². The third-order valence-corrected chi connectivity index (χ3v) is 4.01. The number of hydrogen-bond acceptors (Lipinski definition) is 2. The second-order valence-corrected chi connectivity index (χ2v) is 5.72. The molecular formula is C15H21ClN2O. The Morgan fingerprint density at radius 2 is 2.11 bits per heavy atom. The molecule has 1 unspecified atom stereocenters. The van der Waals surface area contributed by atoms with Gasteiger partial charge in [0, 0.05) is 30.2 Å². The SMILES string of the molecule is CC(CN1CCCC1)N(C)C(=O)c1cccc(Cl)c1. The number of benzene rings is 1. The average Bonchev–Trinajstić information content (AvgIpc) is 2.89. The molecule has 1 fully saturated rings. The molecule has 4 heteroatoms. The van der Waals surface area contributed by atoms with E-state index in [9.17, 15) is 4.79 Å². The Hall–Kier alpha value is -1.06. The zero-order valence-electron chi connectivity index (χ0n) is 11.6. The van der Waals surface area contributed by atoms with Crippen LogP contribution < -0.4 is 0 Å². The third kappa shape index (κ3) is 3.71. The highest BCUT2D eigenvalue weighted by Gasteiger charge is 2.21. The molecule has 1 aliphatic rings. The highest BCUT2D eigenvalue weighted by molar-refractivity contribution is 6.30. The van der Waals surface area contributed by atoms with Gasteiger partial charge >= 0.3 is 0 Å². The van der Waals surface area contributed by atoms with Gasteiger partial charge < -0.3 is 9.80 Å². The van der Waals surface area contributed by atoms with E-state index < -0.39 is 0 Å². The van der Waals surface area contributed by atoms with Gasteiger partial charge in [0.15, 0.2) is 0 Å². The summed E-state index contributed by atoms with van der Waals surface area (Å²) < 4.78 is 0. The molecule has 1 saturated heterocycles. The second kappa shape index (κ2) is 6.40. The van der Waals surface area contributed by atoms with E-state index in [4.69, 9.17) is 11.6 Å². The first-order valence-electron chi connectivity index (χ1n) is 6.83. The predicted molar refractivity (Wildman–Crippen MR) is 78.7 cm³/mol. The van der Waals surface area contributed by atoms with Crippen molar-refractivity contribution in [2.24, 2.45) is 0 Å². The first-order chi connectivity index (χ1) is 9.08. The normalized spacial score (nSPS) is 17.4. The zero-order valence-corrected chi connectivity index (χ0v) is 12.4. The van der Waals surface area contributed by atoms with Crippen molar-refractivity contribution in [1.82, 2.24) is 9.80 Å². The van der Waals surface area contributed by atoms with E-state index in [1.807, 2.05) is 24.1 Å². The number of carbonyl (C=O) groups excluding carboxylic acids is 1. The number of amides is 1. The lowest BCUT2D eigenvalue weighted by Crippen LogP contribution is -2.42. The highest BCUT2D eigenvalue weighted by atomic mass is 35.5. The Morgan fingerprint density at radius 1 is 1.42 bits per heavy atom. The van der Waals surface area contributed by atoms with Crippen LogP contribution in [-0.2, 0) is 0 Å². The number of halogens is 1. The maximum absolute atomic E-state index is 12.4. The summed E-state index contributed by atoms with van der Waals surface area (Å²) in [5.74, 6) is 0.0363. The number of rotatable bonds is 4. The Bertz CT molecular complexity index is 444. The maximum atomic E-state index is 12.4. The molecule has 1 aromatic rings. The Balaban J connectivity index is 1.97. The van der Waals surface area contributed by atoms with Crippen LogP contribution in [0, 0.1) is 0 Å². The summed E-state index contributed by atoms with van der Waals surface area (Å²) in [5.41, 5.74) is 0.656. The fourth-order valence-electron chi connectivity index (χ4n) is 2.49. The topological polar surface area (TPSA) is 23.6 Å². The first-order valence-corrected chi connectivity index (χ1v) is 7.21. The van der Waals surface area contributed by atoms with E-state index in [0.717, 1.165) is 19.6 Å². The van der Waals surface area contributed by atoms with Crippen LogP contribution in [0.4, 0.5) is 0 Å². The quantitative estimate of drug-likeness (QED) is 0.847. The Kier molecular flexibility index (Phi) is 4.83. The molecule has 3 nitrogen and oxygen atoms in total. The summed E-state index contributed by atoms with van der Waals surface area (Å²) >= 11 is 5.93. The van der Waals surface area contributed by atoms with E-state index in [0.29, 0.717) is 10.6 Å². The molecule has 0 spiro atoms. The van der Waals surface area contributed by atoms with Crippen LogP contribution in [0.5, 0.6) is 0 Å². The van der Waals surface area contributed by atoms with Crippen molar-refractivity contribution >= 4 is 17.5 Å². The molecule has 2 rings (SSSR count). The van der Waals surface area contributed by atoms with Gasteiger partial charge in [-0.2, -0.15) is 0 Å². The second-order valence-electron chi connectivity index (χ2n) is 5.28. The minimum absolute atomic E-state index is 0.0363. The maximum Gasteiger partial charge on any atom is 0.253 e. The molecular weight excluding hydrogens is 260 g/mol. The van der Waals surface area contributed by atoms with Crippen LogP contribution in [0.1, 0.15) is 30.1 Å². The van der Waals surface area contributed by atoms with Crippen LogP contribution in [0.25, 0.3) is 0 Å². The van der Waals surface area contributed by atoms with E-state index in [1.54, 1.807) is 12.1 Å². The summed E-state index contributed by atoms with van der Waals surface area (Å²) in [6, 6.07) is 7.35. The fraction of sp³-hybridized carbons (Fsp3) is 0.533. The molecule has 0 aromatic heterocycles. The molecule has 0 radical (unpaired) electrons. The van der Waals surface area contributed by atoms with Crippen molar-refractivity contribution in [2.75, 3.05) is 26.7 Å². The van der Waals surface area contributed by atoms with Crippen molar-refractivity contribution in [2.45, 2.75) is 25.8 Å². The van der Waals surface area contributed by atoms with E-state index >= 15 is 0 Å². The molecule has 1 aromatic carbocycles. The van der Waals surface area contributed by atoms with Crippen LogP contribution in [0.2, 0.25) is 5.02 Å². The highest BCUT2D eigenvalue weighted by Crippen LogP contribution is 2.15. The number of carbonyl (C=O) groups is 1. The van der Waals surface area contributed by atoms with Crippen LogP contribution in [0.15, 0.2) is 24.3 Å². The largest absolute Gasteiger partial charge is 0.338 e. The van der Waals surface area contributed by atoms with Gasteiger partial charge in [0.05, 0.1) is 0 Å². The van der Waals surface area contributed by atoms with E-state index in [2.05, 4.69) is 11.8 Å². The van der Waals surface area contributed by atoms with Crippen molar-refractivity contribution in [1.29, 1.82) is 0 Å². The average molecular weight is 281 g/mol. The number of likely N-dealkylation sites (N-methyl/N-ethyl adjacent to an activating group) is 1. The van der Waals surface area contributed by atoms with Crippen molar-refractivity contribution < 1.29 is 4.79 Å². The van der Waals surface area contributed by atoms with Crippen molar-refractivity contribution in [3.05, 3.63) is 34.9 Å². The van der Waals surface area contributed by atoms with Gasteiger partial charge in [0.1, 0.15) is 0 Å². The molecule has 1 aliphatic heterocycles. The molecule has 19 heavy (non-hydrogen) atoms. The van der Waals surface area contributed by atoms with Gasteiger partial charge in [-0.3, -0.25) is 4.79 Å². The van der Waals surface area contributed by atoms with Gasteiger partial charge in [0.25, 0.3) is 5.91 Å². The summed E-state index contributed by atoms with van der Waals surface area (Å²) in [5, 5.41) is 0.603. The lowest BCUT2D eigenvalue weighted by atomic mass is 10.1. The van der Waals surface area contributed by atoms with Gasteiger partial charge in [-0.05, 0) is 51.1 Å². The molecule has 104 valence electrons. The number of hydrogen-bond donors (Lipinski definition) is 0. The third-order valence-electron chi connectivity index (χ3n) is 3.77. The van der Waals surface area contributed by atoms with Gasteiger partial charge in [-0.1, -0.05) is 17.7 Å². The minimum atomic E-state index is 0.0363. The van der Waals surface area contributed by atoms with Crippen LogP contribution >= 0.6 is 11.6 Å². The van der Waals surface area contributed by atoms with E-state index in [-0.39, 0.29) is 11.9 Å². The Morgan fingerprint density at radius 3 is 2.74 bits per heavy atom.